The number of nitrogens with zero attached hydrogens (tertiary/aromatic N) is 2. The number of alkyl halides is 3. The van der Waals surface area contributed by atoms with Crippen LogP contribution in [0.4, 0.5) is 13.2 Å². The molecule has 21 heavy (non-hydrogen) atoms. The number of halogens is 3. The van der Waals surface area contributed by atoms with Gasteiger partial charge in [0, 0.05) is 18.5 Å². The molecule has 1 aliphatic heterocycles. The van der Waals surface area contributed by atoms with E-state index in [4.69, 9.17) is 5.11 Å². The summed E-state index contributed by atoms with van der Waals surface area (Å²) in [5.74, 6) is -0.981. The first-order valence-corrected chi connectivity index (χ1v) is 6.34. The molecule has 0 saturated carbocycles. The first-order valence-electron chi connectivity index (χ1n) is 6.34. The van der Waals surface area contributed by atoms with E-state index in [9.17, 15) is 18.0 Å². The minimum atomic E-state index is -4.38. The van der Waals surface area contributed by atoms with Gasteiger partial charge in [-0.2, -0.15) is 13.2 Å². The predicted molar refractivity (Wildman–Crippen MR) is 65.0 cm³/mol. The van der Waals surface area contributed by atoms with Crippen LogP contribution in [0.3, 0.4) is 0 Å². The van der Waals surface area contributed by atoms with E-state index in [0.717, 1.165) is 0 Å². The molecule has 9 heteroatoms. The number of carboxylic acids is 1. The van der Waals surface area contributed by atoms with Gasteiger partial charge in [0.05, 0.1) is 12.3 Å². The van der Waals surface area contributed by atoms with Crippen LogP contribution in [-0.2, 0) is 24.1 Å². The Hall–Kier alpha value is -1.74. The second-order valence-electron chi connectivity index (χ2n) is 4.56. The van der Waals surface area contributed by atoms with Crippen molar-refractivity contribution in [2.75, 3.05) is 19.8 Å². The molecule has 0 amide bonds. The highest BCUT2D eigenvalue weighted by molar-refractivity contribution is 5.87. The molecule has 116 valence electrons. The lowest BCUT2D eigenvalue weighted by Gasteiger charge is -2.18. The molecule has 0 bridgehead atoms. The average molecular weight is 305 g/mol. The number of aromatic nitrogens is 2. The lowest BCUT2D eigenvalue weighted by molar-refractivity contribution is -0.173. The van der Waals surface area contributed by atoms with Crippen molar-refractivity contribution in [2.45, 2.75) is 25.6 Å². The maximum Gasteiger partial charge on any atom is 0.411 e. The van der Waals surface area contributed by atoms with Gasteiger partial charge in [-0.1, -0.05) is 0 Å². The van der Waals surface area contributed by atoms with Crippen molar-refractivity contribution in [3.8, 4) is 0 Å². The van der Waals surface area contributed by atoms with Gasteiger partial charge in [0.2, 0.25) is 0 Å². The van der Waals surface area contributed by atoms with E-state index in [1.165, 1.54) is 0 Å². The van der Waals surface area contributed by atoms with Gasteiger partial charge in [0.25, 0.3) is 0 Å². The quantitative estimate of drug-likeness (QED) is 0.788. The van der Waals surface area contributed by atoms with Gasteiger partial charge in [-0.3, -0.25) is 0 Å². The summed E-state index contributed by atoms with van der Waals surface area (Å²) in [7, 11) is 0. The lowest BCUT2D eigenvalue weighted by Crippen LogP contribution is -2.28. The van der Waals surface area contributed by atoms with Crippen LogP contribution in [0, 0.1) is 0 Å². The molecule has 0 aliphatic carbocycles. The largest absolute Gasteiger partial charge is 0.477 e. The number of aromatic carboxylic acids is 1. The predicted octanol–water partition coefficient (Wildman–Crippen LogP) is 0.942. The van der Waals surface area contributed by atoms with Gasteiger partial charge in [-0.05, 0) is 13.0 Å². The third kappa shape index (κ3) is 4.36. The van der Waals surface area contributed by atoms with Crippen LogP contribution >= 0.6 is 0 Å². The smallest absolute Gasteiger partial charge is 0.411 e. The summed E-state index contributed by atoms with van der Waals surface area (Å²) in [4.78, 5) is 19.3. The molecule has 0 unspecified atom stereocenters. The molecule has 1 aromatic rings. The normalized spacial score (nSPS) is 14.8. The Morgan fingerprint density at radius 3 is 2.81 bits per heavy atom. The summed E-state index contributed by atoms with van der Waals surface area (Å²) < 4.78 is 40.3. The van der Waals surface area contributed by atoms with Crippen molar-refractivity contribution in [2.24, 2.45) is 0 Å². The third-order valence-electron chi connectivity index (χ3n) is 2.92. The highest BCUT2D eigenvalue weighted by Crippen LogP contribution is 2.17. The molecule has 6 nitrogen and oxygen atoms in total. The summed E-state index contributed by atoms with van der Waals surface area (Å²) in [6.07, 6.45) is -3.84. The molecule has 2 N–H and O–H groups in total. The van der Waals surface area contributed by atoms with Crippen molar-refractivity contribution >= 4 is 5.97 Å². The van der Waals surface area contributed by atoms with E-state index in [2.05, 4.69) is 20.0 Å². The van der Waals surface area contributed by atoms with Crippen LogP contribution in [0.1, 0.15) is 27.6 Å². The Morgan fingerprint density at radius 2 is 2.14 bits per heavy atom. The summed E-state index contributed by atoms with van der Waals surface area (Å²) in [6.45, 7) is -0.491. The van der Waals surface area contributed by atoms with E-state index in [1.807, 2.05) is 0 Å². The fourth-order valence-corrected chi connectivity index (χ4v) is 2.05. The monoisotopic (exact) mass is 305 g/mol. The molecule has 0 aromatic carbocycles. The topological polar surface area (TPSA) is 84.3 Å². The summed E-state index contributed by atoms with van der Waals surface area (Å²) in [5.41, 5.74) is 1.09. The number of carboxylic acid groups (broad SMARTS) is 1. The minimum Gasteiger partial charge on any atom is -0.477 e. The van der Waals surface area contributed by atoms with Crippen LogP contribution in [0.15, 0.2) is 0 Å². The molecule has 1 aliphatic rings. The van der Waals surface area contributed by atoms with E-state index in [-0.39, 0.29) is 24.5 Å². The number of fused-ring (bicyclic) bond motifs is 1. The van der Waals surface area contributed by atoms with Gasteiger partial charge in [-0.15, -0.1) is 0 Å². The molecule has 2 heterocycles. The number of hydrogen-bond donors (Lipinski definition) is 2. The summed E-state index contributed by atoms with van der Waals surface area (Å²) >= 11 is 0. The molecule has 1 aromatic heterocycles. The van der Waals surface area contributed by atoms with E-state index in [1.54, 1.807) is 0 Å². The van der Waals surface area contributed by atoms with Crippen LogP contribution < -0.4 is 5.32 Å². The number of ether oxygens (including phenoxy) is 1. The third-order valence-corrected chi connectivity index (χ3v) is 2.92. The molecule has 2 rings (SSSR count). The zero-order valence-electron chi connectivity index (χ0n) is 11.0. The van der Waals surface area contributed by atoms with Crippen molar-refractivity contribution in [3.63, 3.8) is 0 Å². The van der Waals surface area contributed by atoms with Gasteiger partial charge < -0.3 is 15.2 Å². The standard InChI is InChI=1S/C12H14F3N3O3/c13-12(14,15)6-21-4-2-9-17-8-5-16-3-1-7(8)10(18-9)11(19)20/h16H,1-6H2,(H,19,20). The summed E-state index contributed by atoms with van der Waals surface area (Å²) in [6, 6.07) is 0. The number of hydrogen-bond acceptors (Lipinski definition) is 5. The van der Waals surface area contributed by atoms with E-state index >= 15 is 0 Å². The summed E-state index contributed by atoms with van der Waals surface area (Å²) in [5, 5.41) is 12.2. The number of rotatable bonds is 5. The lowest BCUT2D eigenvalue weighted by atomic mass is 10.0. The number of nitrogens with one attached hydrogen (secondary N) is 1. The van der Waals surface area contributed by atoms with Gasteiger partial charge in [0.15, 0.2) is 5.69 Å². The van der Waals surface area contributed by atoms with Crippen LogP contribution in [0.25, 0.3) is 0 Å². The Balaban J connectivity index is 2.06. The van der Waals surface area contributed by atoms with Gasteiger partial charge >= 0.3 is 12.1 Å². The van der Waals surface area contributed by atoms with Crippen molar-refractivity contribution < 1.29 is 27.8 Å². The second-order valence-corrected chi connectivity index (χ2v) is 4.56. The van der Waals surface area contributed by atoms with E-state index < -0.39 is 18.8 Å². The average Bonchev–Trinajstić information content (AvgIpc) is 2.41. The highest BCUT2D eigenvalue weighted by Gasteiger charge is 2.27. The van der Waals surface area contributed by atoms with Crippen molar-refractivity contribution in [1.82, 2.24) is 15.3 Å². The zero-order chi connectivity index (χ0) is 15.5. The maximum absolute atomic E-state index is 11.9. The van der Waals surface area contributed by atoms with Gasteiger partial charge in [-0.25, -0.2) is 14.8 Å². The molecular weight excluding hydrogens is 291 g/mol. The van der Waals surface area contributed by atoms with E-state index in [0.29, 0.717) is 30.8 Å². The Morgan fingerprint density at radius 1 is 1.38 bits per heavy atom. The Labute approximate surface area is 118 Å². The Kier molecular flexibility index (Phi) is 4.73. The molecule has 0 atom stereocenters. The van der Waals surface area contributed by atoms with Crippen LogP contribution in [0.2, 0.25) is 0 Å². The van der Waals surface area contributed by atoms with Crippen molar-refractivity contribution in [1.29, 1.82) is 0 Å². The van der Waals surface area contributed by atoms with Gasteiger partial charge in [0.1, 0.15) is 12.4 Å². The molecule has 0 spiro atoms. The first kappa shape index (κ1) is 15.6. The zero-order valence-corrected chi connectivity index (χ0v) is 11.0. The highest BCUT2D eigenvalue weighted by atomic mass is 19.4. The molecule has 0 radical (unpaired) electrons. The Bertz CT molecular complexity index is 534. The van der Waals surface area contributed by atoms with Crippen molar-refractivity contribution in [3.05, 3.63) is 22.8 Å². The van der Waals surface area contributed by atoms with Crippen LogP contribution in [0.5, 0.6) is 0 Å². The fraction of sp³-hybridized carbons (Fsp3) is 0.583. The molecule has 0 fully saturated rings. The second kappa shape index (κ2) is 6.35. The van der Waals surface area contributed by atoms with Crippen LogP contribution in [-0.4, -0.2) is 47.0 Å². The first-order chi connectivity index (χ1) is 9.87. The maximum atomic E-state index is 11.9. The SMILES string of the molecule is O=C(O)c1nc(CCOCC(F)(F)F)nc2c1CCNC2. The molecule has 0 saturated heterocycles. The minimum absolute atomic E-state index is 0.0314. The molecular formula is C12H14F3N3O3. The number of carbonyl (C=O) groups is 1. The fourth-order valence-electron chi connectivity index (χ4n) is 2.05.